The molecule has 0 radical (unpaired) electrons. The van der Waals surface area contributed by atoms with Gasteiger partial charge < -0.3 is 15.4 Å². The van der Waals surface area contributed by atoms with Crippen molar-refractivity contribution in [3.63, 3.8) is 0 Å². The van der Waals surface area contributed by atoms with Crippen molar-refractivity contribution >= 4 is 11.9 Å². The van der Waals surface area contributed by atoms with Gasteiger partial charge in [-0.3, -0.25) is 4.79 Å². The summed E-state index contributed by atoms with van der Waals surface area (Å²) in [4.78, 5) is 17.9. The molecule has 0 aromatic heterocycles. The first kappa shape index (κ1) is 13.1. The van der Waals surface area contributed by atoms with Crippen LogP contribution in [-0.4, -0.2) is 42.1 Å². The SMILES string of the molecule is NC1=NC(=O)C2(CCN(CCc3ccccc3)CC2)O1. The van der Waals surface area contributed by atoms with Crippen molar-refractivity contribution in [2.75, 3.05) is 19.6 Å². The lowest BCUT2D eigenvalue weighted by atomic mass is 9.90. The number of nitrogens with two attached hydrogens (primary N) is 1. The first-order valence-electron chi connectivity index (χ1n) is 7.02. The van der Waals surface area contributed by atoms with Gasteiger partial charge >= 0.3 is 0 Å². The molecule has 2 aliphatic heterocycles. The fourth-order valence-electron chi connectivity index (χ4n) is 2.85. The summed E-state index contributed by atoms with van der Waals surface area (Å²) in [6.45, 7) is 2.70. The number of hydrogen-bond acceptors (Lipinski definition) is 4. The maximum absolute atomic E-state index is 11.8. The molecule has 1 aromatic carbocycles. The fourth-order valence-corrected chi connectivity index (χ4v) is 2.85. The molecule has 1 spiro atoms. The Balaban J connectivity index is 1.51. The number of amidine groups is 1. The van der Waals surface area contributed by atoms with E-state index in [9.17, 15) is 4.79 Å². The minimum Gasteiger partial charge on any atom is -0.448 e. The average Bonchev–Trinajstić information content (AvgIpc) is 2.74. The molecule has 1 saturated heterocycles. The third-order valence-corrected chi connectivity index (χ3v) is 4.12. The Labute approximate surface area is 118 Å². The zero-order valence-corrected chi connectivity index (χ0v) is 11.4. The van der Waals surface area contributed by atoms with Crippen LogP contribution in [0.4, 0.5) is 0 Å². The Morgan fingerprint density at radius 3 is 2.55 bits per heavy atom. The highest BCUT2D eigenvalue weighted by atomic mass is 16.5. The summed E-state index contributed by atoms with van der Waals surface area (Å²) < 4.78 is 5.46. The molecule has 2 heterocycles. The summed E-state index contributed by atoms with van der Waals surface area (Å²) in [6.07, 6.45) is 2.37. The van der Waals surface area contributed by atoms with Crippen LogP contribution in [0, 0.1) is 0 Å². The molecular formula is C15H19N3O2. The molecule has 2 N–H and O–H groups in total. The summed E-state index contributed by atoms with van der Waals surface area (Å²) in [7, 11) is 0. The van der Waals surface area contributed by atoms with Crippen molar-refractivity contribution in [1.82, 2.24) is 4.90 Å². The molecule has 1 amide bonds. The normalized spacial score (nSPS) is 21.8. The largest absolute Gasteiger partial charge is 0.448 e. The summed E-state index contributed by atoms with van der Waals surface area (Å²) in [5.74, 6) is -0.210. The number of nitrogens with zero attached hydrogens (tertiary/aromatic N) is 2. The molecule has 0 unspecified atom stereocenters. The van der Waals surface area contributed by atoms with Gasteiger partial charge in [-0.25, -0.2) is 0 Å². The summed E-state index contributed by atoms with van der Waals surface area (Å²) in [5, 5.41) is 0. The number of rotatable bonds is 3. The number of amides is 1. The van der Waals surface area contributed by atoms with Gasteiger partial charge in [0.2, 0.25) is 0 Å². The van der Waals surface area contributed by atoms with Crippen LogP contribution in [0.1, 0.15) is 18.4 Å². The van der Waals surface area contributed by atoms with E-state index in [1.54, 1.807) is 0 Å². The van der Waals surface area contributed by atoms with Crippen molar-refractivity contribution in [2.24, 2.45) is 10.7 Å². The van der Waals surface area contributed by atoms with Gasteiger partial charge in [0.25, 0.3) is 11.9 Å². The zero-order valence-electron chi connectivity index (χ0n) is 11.4. The van der Waals surface area contributed by atoms with Crippen molar-refractivity contribution < 1.29 is 9.53 Å². The lowest BCUT2D eigenvalue weighted by molar-refractivity contribution is -0.134. The van der Waals surface area contributed by atoms with E-state index >= 15 is 0 Å². The summed E-state index contributed by atoms with van der Waals surface area (Å²) in [5.41, 5.74) is 6.06. The minimum absolute atomic E-state index is 0.0211. The number of piperidine rings is 1. The highest BCUT2D eigenvalue weighted by Crippen LogP contribution is 2.31. The maximum Gasteiger partial charge on any atom is 0.294 e. The van der Waals surface area contributed by atoms with E-state index in [2.05, 4.69) is 34.2 Å². The molecule has 2 aliphatic rings. The van der Waals surface area contributed by atoms with E-state index in [0.717, 1.165) is 26.1 Å². The first-order valence-corrected chi connectivity index (χ1v) is 7.02. The topological polar surface area (TPSA) is 67.9 Å². The third-order valence-electron chi connectivity index (χ3n) is 4.12. The highest BCUT2D eigenvalue weighted by molar-refractivity contribution is 6.00. The van der Waals surface area contributed by atoms with Crippen LogP contribution in [0.25, 0.3) is 0 Å². The average molecular weight is 273 g/mol. The second-order valence-electron chi connectivity index (χ2n) is 5.43. The maximum atomic E-state index is 11.8. The Kier molecular flexibility index (Phi) is 3.44. The molecule has 3 rings (SSSR count). The number of aliphatic imine (C=N–C) groups is 1. The number of carbonyl (C=O) groups excluding carboxylic acids is 1. The molecule has 1 fully saturated rings. The van der Waals surface area contributed by atoms with E-state index < -0.39 is 5.60 Å². The highest BCUT2D eigenvalue weighted by Gasteiger charge is 2.47. The Morgan fingerprint density at radius 1 is 1.25 bits per heavy atom. The molecule has 106 valence electrons. The molecule has 0 saturated carbocycles. The van der Waals surface area contributed by atoms with Crippen LogP contribution in [0.15, 0.2) is 35.3 Å². The van der Waals surface area contributed by atoms with Crippen molar-refractivity contribution in [3.05, 3.63) is 35.9 Å². The second-order valence-corrected chi connectivity index (χ2v) is 5.43. The van der Waals surface area contributed by atoms with Crippen LogP contribution in [0.2, 0.25) is 0 Å². The molecule has 20 heavy (non-hydrogen) atoms. The molecule has 0 aliphatic carbocycles. The molecule has 5 nitrogen and oxygen atoms in total. The standard InChI is InChI=1S/C15H19N3O2/c16-14-17-13(19)15(20-14)7-10-18(11-8-15)9-6-12-4-2-1-3-5-12/h1-5H,6-11H2,(H2,16,17,19). The van der Waals surface area contributed by atoms with E-state index in [1.807, 2.05) is 6.07 Å². The Morgan fingerprint density at radius 2 is 1.95 bits per heavy atom. The minimum atomic E-state index is -0.771. The fraction of sp³-hybridized carbons (Fsp3) is 0.467. The molecule has 1 aromatic rings. The Bertz CT molecular complexity index is 519. The van der Waals surface area contributed by atoms with Crippen LogP contribution in [0.5, 0.6) is 0 Å². The van der Waals surface area contributed by atoms with Crippen LogP contribution < -0.4 is 5.73 Å². The van der Waals surface area contributed by atoms with Gasteiger partial charge in [-0.15, -0.1) is 0 Å². The van der Waals surface area contributed by atoms with Crippen LogP contribution in [-0.2, 0) is 16.0 Å². The quantitative estimate of drug-likeness (QED) is 0.890. The van der Waals surface area contributed by atoms with E-state index in [4.69, 9.17) is 10.5 Å². The smallest absolute Gasteiger partial charge is 0.294 e. The van der Waals surface area contributed by atoms with Gasteiger partial charge in [0.15, 0.2) is 5.60 Å². The predicted molar refractivity (Wildman–Crippen MR) is 76.3 cm³/mol. The number of carbonyl (C=O) groups is 1. The van der Waals surface area contributed by atoms with E-state index in [-0.39, 0.29) is 11.9 Å². The zero-order chi connectivity index (χ0) is 14.0. The number of likely N-dealkylation sites (tertiary alicyclic amines) is 1. The molecular weight excluding hydrogens is 254 g/mol. The van der Waals surface area contributed by atoms with Crippen LogP contribution in [0.3, 0.4) is 0 Å². The van der Waals surface area contributed by atoms with Gasteiger partial charge in [-0.2, -0.15) is 4.99 Å². The van der Waals surface area contributed by atoms with Gasteiger partial charge in [0.05, 0.1) is 0 Å². The predicted octanol–water partition coefficient (Wildman–Crippen LogP) is 0.935. The lowest BCUT2D eigenvalue weighted by Gasteiger charge is -2.36. The Hall–Kier alpha value is -1.88. The van der Waals surface area contributed by atoms with Gasteiger partial charge in [0, 0.05) is 32.5 Å². The van der Waals surface area contributed by atoms with Crippen molar-refractivity contribution in [3.8, 4) is 0 Å². The van der Waals surface area contributed by atoms with Gasteiger partial charge in [0.1, 0.15) is 0 Å². The first-order chi connectivity index (χ1) is 9.68. The van der Waals surface area contributed by atoms with Crippen LogP contribution >= 0.6 is 0 Å². The molecule has 0 atom stereocenters. The number of hydrogen-bond donors (Lipinski definition) is 1. The second kappa shape index (κ2) is 5.25. The van der Waals surface area contributed by atoms with E-state index in [1.165, 1.54) is 5.56 Å². The molecule has 5 heteroatoms. The third kappa shape index (κ3) is 2.54. The van der Waals surface area contributed by atoms with Gasteiger partial charge in [-0.1, -0.05) is 30.3 Å². The number of ether oxygens (including phenoxy) is 1. The van der Waals surface area contributed by atoms with E-state index in [0.29, 0.717) is 12.8 Å². The summed E-state index contributed by atoms with van der Waals surface area (Å²) in [6, 6.07) is 10.5. The van der Waals surface area contributed by atoms with Crippen molar-refractivity contribution in [2.45, 2.75) is 24.9 Å². The monoisotopic (exact) mass is 273 g/mol. The lowest BCUT2D eigenvalue weighted by Crippen LogP contribution is -2.49. The number of benzene rings is 1. The summed E-state index contributed by atoms with van der Waals surface area (Å²) >= 11 is 0. The molecule has 0 bridgehead atoms. The van der Waals surface area contributed by atoms with Crippen molar-refractivity contribution in [1.29, 1.82) is 0 Å². The van der Waals surface area contributed by atoms with Gasteiger partial charge in [-0.05, 0) is 12.0 Å².